The lowest BCUT2D eigenvalue weighted by Gasteiger charge is -2.15. The van der Waals surface area contributed by atoms with Gasteiger partial charge < -0.3 is 5.32 Å². The van der Waals surface area contributed by atoms with Gasteiger partial charge in [-0.1, -0.05) is 12.8 Å². The molecule has 2 rings (SSSR count). The Morgan fingerprint density at radius 2 is 2.21 bits per heavy atom. The van der Waals surface area contributed by atoms with Crippen LogP contribution in [0.3, 0.4) is 0 Å². The van der Waals surface area contributed by atoms with Crippen LogP contribution < -0.4 is 10.0 Å². The van der Waals surface area contributed by atoms with Gasteiger partial charge >= 0.3 is 0 Å². The summed E-state index contributed by atoms with van der Waals surface area (Å²) in [5.74, 6) is 0.690. The molecule has 1 aliphatic rings. The van der Waals surface area contributed by atoms with Crippen LogP contribution in [-0.4, -0.2) is 26.0 Å². The van der Waals surface area contributed by atoms with Gasteiger partial charge in [-0.25, -0.2) is 18.1 Å². The molecule has 1 aliphatic carbocycles. The molecule has 1 aromatic rings. The number of nitrogens with one attached hydrogen (secondary N) is 2. The van der Waals surface area contributed by atoms with Crippen LogP contribution in [0.5, 0.6) is 0 Å². The topological polar surface area (TPSA) is 71.1 Å². The van der Waals surface area contributed by atoms with E-state index in [1.807, 2.05) is 13.8 Å². The molecule has 19 heavy (non-hydrogen) atoms. The van der Waals surface area contributed by atoms with Crippen molar-refractivity contribution >= 4 is 15.7 Å². The number of hydrogen-bond acceptors (Lipinski definition) is 4. The average molecular weight is 283 g/mol. The molecule has 0 saturated heterocycles. The number of aromatic nitrogens is 1. The van der Waals surface area contributed by atoms with Gasteiger partial charge in [0.2, 0.25) is 0 Å². The number of hydrogen-bond donors (Lipinski definition) is 2. The maximum atomic E-state index is 12.3. The Balaban J connectivity index is 2.13. The minimum Gasteiger partial charge on any atom is -0.383 e. The molecule has 0 aromatic carbocycles. The van der Waals surface area contributed by atoms with E-state index in [9.17, 15) is 8.42 Å². The molecule has 2 N–H and O–H groups in total. The van der Waals surface area contributed by atoms with Crippen LogP contribution in [0, 0.1) is 5.92 Å². The van der Waals surface area contributed by atoms with Crippen molar-refractivity contribution in [3.8, 4) is 0 Å². The van der Waals surface area contributed by atoms with Crippen molar-refractivity contribution in [3.63, 3.8) is 0 Å². The van der Waals surface area contributed by atoms with Crippen LogP contribution >= 0.6 is 0 Å². The van der Waals surface area contributed by atoms with Gasteiger partial charge in [-0.15, -0.1) is 0 Å². The van der Waals surface area contributed by atoms with E-state index in [-0.39, 0.29) is 11.1 Å². The van der Waals surface area contributed by atoms with E-state index < -0.39 is 10.0 Å². The highest BCUT2D eigenvalue weighted by atomic mass is 32.2. The molecular weight excluding hydrogens is 262 g/mol. The Hall–Kier alpha value is -1.14. The highest BCUT2D eigenvalue weighted by Crippen LogP contribution is 2.33. The fourth-order valence-corrected chi connectivity index (χ4v) is 3.52. The number of sulfonamides is 1. The quantitative estimate of drug-likeness (QED) is 0.802. The molecule has 6 heteroatoms. The zero-order chi connectivity index (χ0) is 13.9. The van der Waals surface area contributed by atoms with Crippen LogP contribution in [0.4, 0.5) is 5.69 Å². The fourth-order valence-electron chi connectivity index (χ4n) is 2.15. The maximum absolute atomic E-state index is 12.3. The van der Waals surface area contributed by atoms with Crippen molar-refractivity contribution in [2.75, 3.05) is 11.9 Å². The lowest BCUT2D eigenvalue weighted by Crippen LogP contribution is -2.33. The maximum Gasteiger partial charge on any atom is 0.260 e. The SMILES string of the molecule is CCNc1cccnc1S(=O)(=O)NC(C)CC1CC1. The molecule has 1 heterocycles. The minimum atomic E-state index is -3.55. The highest BCUT2D eigenvalue weighted by Gasteiger charge is 2.27. The summed E-state index contributed by atoms with van der Waals surface area (Å²) in [5.41, 5.74) is 0.552. The zero-order valence-corrected chi connectivity index (χ0v) is 12.2. The Bertz CT molecular complexity index is 526. The molecule has 0 spiro atoms. The van der Waals surface area contributed by atoms with Crippen molar-refractivity contribution in [2.45, 2.75) is 44.2 Å². The number of anilines is 1. The Morgan fingerprint density at radius 1 is 1.47 bits per heavy atom. The number of pyridine rings is 1. The van der Waals surface area contributed by atoms with Gasteiger partial charge in [0.15, 0.2) is 5.03 Å². The molecule has 0 bridgehead atoms. The molecule has 1 aromatic heterocycles. The normalized spacial score (nSPS) is 17.2. The summed E-state index contributed by atoms with van der Waals surface area (Å²) in [6, 6.07) is 3.41. The first-order chi connectivity index (χ1) is 9.03. The van der Waals surface area contributed by atoms with Gasteiger partial charge in [0, 0.05) is 18.8 Å². The second-order valence-corrected chi connectivity index (χ2v) is 6.72. The Morgan fingerprint density at radius 3 is 2.84 bits per heavy atom. The van der Waals surface area contributed by atoms with Crippen LogP contribution in [-0.2, 0) is 10.0 Å². The van der Waals surface area contributed by atoms with Crippen molar-refractivity contribution in [2.24, 2.45) is 5.92 Å². The van der Waals surface area contributed by atoms with Crippen molar-refractivity contribution in [3.05, 3.63) is 18.3 Å². The summed E-state index contributed by atoms with van der Waals surface area (Å²) in [4.78, 5) is 4.00. The smallest absolute Gasteiger partial charge is 0.260 e. The first-order valence-corrected chi connectivity index (χ1v) is 8.22. The van der Waals surface area contributed by atoms with E-state index in [0.717, 1.165) is 6.42 Å². The van der Waals surface area contributed by atoms with Crippen molar-refractivity contribution < 1.29 is 8.42 Å². The molecule has 5 nitrogen and oxygen atoms in total. The summed E-state index contributed by atoms with van der Waals surface area (Å²) >= 11 is 0. The van der Waals surface area contributed by atoms with Crippen LogP contribution in [0.15, 0.2) is 23.4 Å². The second kappa shape index (κ2) is 5.88. The number of nitrogens with zero attached hydrogens (tertiary/aromatic N) is 1. The molecule has 0 aliphatic heterocycles. The lowest BCUT2D eigenvalue weighted by atomic mass is 10.2. The first-order valence-electron chi connectivity index (χ1n) is 6.74. The predicted molar refractivity (Wildman–Crippen MR) is 75.5 cm³/mol. The summed E-state index contributed by atoms with van der Waals surface area (Å²) in [5, 5.41) is 3.11. The van der Waals surface area contributed by atoms with Crippen molar-refractivity contribution in [1.29, 1.82) is 0 Å². The van der Waals surface area contributed by atoms with Gasteiger partial charge in [-0.2, -0.15) is 0 Å². The second-order valence-electron chi connectivity index (χ2n) is 5.09. The Labute approximate surface area is 114 Å². The van der Waals surface area contributed by atoms with E-state index in [4.69, 9.17) is 0 Å². The first kappa shape index (κ1) is 14.3. The standard InChI is InChI=1S/C13H21N3O2S/c1-3-14-12-5-4-8-15-13(12)19(17,18)16-10(2)9-11-6-7-11/h4-5,8,10-11,14,16H,3,6-7,9H2,1-2H3. The molecule has 1 saturated carbocycles. The molecular formula is C13H21N3O2S. The fraction of sp³-hybridized carbons (Fsp3) is 0.615. The third kappa shape index (κ3) is 3.91. The van der Waals surface area contributed by atoms with Crippen LogP contribution in [0.2, 0.25) is 0 Å². The van der Waals surface area contributed by atoms with Gasteiger partial charge in [0.1, 0.15) is 0 Å². The van der Waals surface area contributed by atoms with Gasteiger partial charge in [-0.05, 0) is 38.3 Å². The third-order valence-corrected chi connectivity index (χ3v) is 4.68. The van der Waals surface area contributed by atoms with Gasteiger partial charge in [0.05, 0.1) is 5.69 Å². The monoisotopic (exact) mass is 283 g/mol. The summed E-state index contributed by atoms with van der Waals surface area (Å²) in [6.45, 7) is 4.49. The Kier molecular flexibility index (Phi) is 4.42. The lowest BCUT2D eigenvalue weighted by molar-refractivity contribution is 0.528. The van der Waals surface area contributed by atoms with Crippen LogP contribution in [0.25, 0.3) is 0 Å². The highest BCUT2D eigenvalue weighted by molar-refractivity contribution is 7.89. The number of rotatable bonds is 7. The summed E-state index contributed by atoms with van der Waals surface area (Å²) in [6.07, 6.45) is 4.85. The molecule has 0 amide bonds. The minimum absolute atomic E-state index is 0.0472. The van der Waals surface area contributed by atoms with E-state index in [2.05, 4.69) is 15.0 Å². The van der Waals surface area contributed by atoms with Crippen LogP contribution in [0.1, 0.15) is 33.1 Å². The summed E-state index contributed by atoms with van der Waals surface area (Å²) in [7, 11) is -3.55. The largest absolute Gasteiger partial charge is 0.383 e. The van der Waals surface area contributed by atoms with Gasteiger partial charge in [0.25, 0.3) is 10.0 Å². The molecule has 1 atom stereocenters. The van der Waals surface area contributed by atoms with E-state index >= 15 is 0 Å². The molecule has 1 unspecified atom stereocenters. The van der Waals surface area contributed by atoms with Crippen molar-refractivity contribution in [1.82, 2.24) is 9.71 Å². The average Bonchev–Trinajstić information content (AvgIpc) is 3.13. The third-order valence-electron chi connectivity index (χ3n) is 3.13. The van der Waals surface area contributed by atoms with E-state index in [1.54, 1.807) is 12.1 Å². The molecule has 1 fully saturated rings. The molecule has 0 radical (unpaired) electrons. The molecule has 106 valence electrons. The van der Waals surface area contributed by atoms with Gasteiger partial charge in [-0.3, -0.25) is 0 Å². The predicted octanol–water partition coefficient (Wildman–Crippen LogP) is 1.98. The van der Waals surface area contributed by atoms with E-state index in [0.29, 0.717) is 18.2 Å². The van der Waals surface area contributed by atoms with E-state index in [1.165, 1.54) is 19.0 Å². The summed E-state index contributed by atoms with van der Waals surface area (Å²) < 4.78 is 27.4. The zero-order valence-electron chi connectivity index (χ0n) is 11.4.